The molecule has 0 saturated heterocycles. The number of hydrogen-bond acceptors (Lipinski definition) is 1. The predicted molar refractivity (Wildman–Crippen MR) is 38.8 cm³/mol. The Labute approximate surface area is 61.3 Å². The molecule has 3 atom stereocenters. The molecule has 0 aromatic rings. The molecule has 2 heteroatoms. The van der Waals surface area contributed by atoms with E-state index in [1.165, 1.54) is 0 Å². The molecule has 0 spiro atoms. The van der Waals surface area contributed by atoms with E-state index < -0.39 is 0 Å². The molecule has 1 unspecified atom stereocenters. The van der Waals surface area contributed by atoms with E-state index in [0.29, 0.717) is 18.6 Å². The normalized spacial score (nSPS) is 41.0. The van der Waals surface area contributed by atoms with E-state index in [0.717, 1.165) is 11.8 Å². The maximum atomic E-state index is 5.44. The van der Waals surface area contributed by atoms with E-state index in [1.807, 2.05) is 0 Å². The zero-order valence-electron chi connectivity index (χ0n) is 5.93. The van der Waals surface area contributed by atoms with Crippen molar-refractivity contribution < 1.29 is 4.74 Å². The lowest BCUT2D eigenvalue weighted by atomic mass is 10.4. The van der Waals surface area contributed by atoms with Crippen molar-refractivity contribution >= 4 is 11.6 Å². The van der Waals surface area contributed by atoms with Gasteiger partial charge in [0.1, 0.15) is 0 Å². The van der Waals surface area contributed by atoms with Crippen LogP contribution >= 0.6 is 11.6 Å². The summed E-state index contributed by atoms with van der Waals surface area (Å²) in [5.41, 5.74) is 0. The highest BCUT2D eigenvalue weighted by atomic mass is 35.5. The van der Waals surface area contributed by atoms with Gasteiger partial charge in [0.2, 0.25) is 0 Å². The van der Waals surface area contributed by atoms with Crippen molar-refractivity contribution in [2.45, 2.75) is 20.0 Å². The zero-order chi connectivity index (χ0) is 6.85. The van der Waals surface area contributed by atoms with Gasteiger partial charge >= 0.3 is 0 Å². The van der Waals surface area contributed by atoms with Crippen LogP contribution in [0.1, 0.15) is 13.8 Å². The summed E-state index contributed by atoms with van der Waals surface area (Å²) in [6, 6.07) is 0. The lowest BCUT2D eigenvalue weighted by molar-refractivity contribution is 0.117. The Morgan fingerprint density at radius 3 is 2.22 bits per heavy atom. The highest BCUT2D eigenvalue weighted by molar-refractivity contribution is 6.17. The monoisotopic (exact) mass is 148 g/mol. The van der Waals surface area contributed by atoms with Crippen molar-refractivity contribution in [3.05, 3.63) is 0 Å². The summed E-state index contributed by atoms with van der Waals surface area (Å²) in [5.74, 6) is 2.14. The first kappa shape index (κ1) is 7.36. The minimum atomic E-state index is 0.503. The third-order valence-electron chi connectivity index (χ3n) is 2.11. The van der Waals surface area contributed by atoms with Crippen molar-refractivity contribution in [3.63, 3.8) is 0 Å². The molecular weight excluding hydrogens is 136 g/mol. The second-order valence-electron chi connectivity index (χ2n) is 2.74. The van der Waals surface area contributed by atoms with Crippen molar-refractivity contribution in [2.24, 2.45) is 11.8 Å². The Hall–Kier alpha value is 0.250. The molecular formula is C7H13ClO. The van der Waals surface area contributed by atoms with Gasteiger partial charge in [-0.3, -0.25) is 0 Å². The fourth-order valence-electron chi connectivity index (χ4n) is 1.10. The van der Waals surface area contributed by atoms with Gasteiger partial charge in [-0.1, -0.05) is 13.8 Å². The van der Waals surface area contributed by atoms with Crippen molar-refractivity contribution in [1.29, 1.82) is 0 Å². The molecule has 0 aromatic carbocycles. The molecule has 1 aliphatic rings. The van der Waals surface area contributed by atoms with Crippen LogP contribution in [-0.4, -0.2) is 18.6 Å². The number of ether oxygens (including phenoxy) is 1. The standard InChI is InChI=1S/C7H13ClO/c1-5-6(2)7(5)9-4-3-8/h5-7H,3-4H2,1-2H3/t5-,6+,7?. The van der Waals surface area contributed by atoms with E-state index in [1.54, 1.807) is 0 Å². The minimum absolute atomic E-state index is 0.503. The van der Waals surface area contributed by atoms with E-state index in [2.05, 4.69) is 13.8 Å². The van der Waals surface area contributed by atoms with Gasteiger partial charge in [-0.25, -0.2) is 0 Å². The molecule has 1 aliphatic carbocycles. The third kappa shape index (κ3) is 1.59. The molecule has 1 fully saturated rings. The van der Waals surface area contributed by atoms with E-state index in [4.69, 9.17) is 16.3 Å². The molecule has 0 N–H and O–H groups in total. The molecule has 0 amide bonds. The smallest absolute Gasteiger partial charge is 0.0633 e. The van der Waals surface area contributed by atoms with Crippen LogP contribution in [0.3, 0.4) is 0 Å². The summed E-state index contributed by atoms with van der Waals surface area (Å²) in [7, 11) is 0. The molecule has 1 rings (SSSR count). The minimum Gasteiger partial charge on any atom is -0.376 e. The summed E-state index contributed by atoms with van der Waals surface area (Å²) in [5, 5.41) is 0. The van der Waals surface area contributed by atoms with Gasteiger partial charge in [-0.15, -0.1) is 11.6 Å². The van der Waals surface area contributed by atoms with Crippen LogP contribution in [-0.2, 0) is 4.74 Å². The molecule has 9 heavy (non-hydrogen) atoms. The number of hydrogen-bond donors (Lipinski definition) is 0. The van der Waals surface area contributed by atoms with E-state index in [9.17, 15) is 0 Å². The first-order valence-electron chi connectivity index (χ1n) is 3.45. The fraction of sp³-hybridized carbons (Fsp3) is 1.00. The number of rotatable bonds is 3. The summed E-state index contributed by atoms with van der Waals surface area (Å²) in [6.07, 6.45) is 0.503. The third-order valence-corrected chi connectivity index (χ3v) is 2.27. The van der Waals surface area contributed by atoms with Crippen LogP contribution in [0.25, 0.3) is 0 Å². The average molecular weight is 149 g/mol. The van der Waals surface area contributed by atoms with Gasteiger partial charge < -0.3 is 4.74 Å². The molecule has 0 heterocycles. The largest absolute Gasteiger partial charge is 0.376 e. The van der Waals surface area contributed by atoms with E-state index >= 15 is 0 Å². The number of alkyl halides is 1. The quantitative estimate of drug-likeness (QED) is 0.556. The van der Waals surface area contributed by atoms with Crippen molar-refractivity contribution in [3.8, 4) is 0 Å². The Bertz CT molecular complexity index is 86.9. The fourth-order valence-corrected chi connectivity index (χ4v) is 1.19. The highest BCUT2D eigenvalue weighted by Gasteiger charge is 2.43. The van der Waals surface area contributed by atoms with Crippen molar-refractivity contribution in [1.82, 2.24) is 0 Å². The molecule has 1 saturated carbocycles. The summed E-state index contributed by atoms with van der Waals surface area (Å²) in [6.45, 7) is 5.13. The maximum Gasteiger partial charge on any atom is 0.0633 e. The molecule has 54 valence electrons. The highest BCUT2D eigenvalue weighted by Crippen LogP contribution is 2.40. The molecule has 1 nitrogen and oxygen atoms in total. The topological polar surface area (TPSA) is 9.23 Å². The van der Waals surface area contributed by atoms with Crippen LogP contribution < -0.4 is 0 Å². The summed E-state index contributed by atoms with van der Waals surface area (Å²) < 4.78 is 5.39. The predicted octanol–water partition coefficient (Wildman–Crippen LogP) is 1.90. The van der Waals surface area contributed by atoms with Gasteiger partial charge in [-0.2, -0.15) is 0 Å². The average Bonchev–Trinajstić information content (AvgIpc) is 2.39. The first-order valence-corrected chi connectivity index (χ1v) is 3.98. The van der Waals surface area contributed by atoms with Gasteiger partial charge in [-0.05, 0) is 11.8 Å². The van der Waals surface area contributed by atoms with E-state index in [-0.39, 0.29) is 0 Å². The summed E-state index contributed by atoms with van der Waals surface area (Å²) >= 11 is 5.44. The Kier molecular flexibility index (Phi) is 2.36. The Morgan fingerprint density at radius 2 is 1.89 bits per heavy atom. The van der Waals surface area contributed by atoms with Crippen LogP contribution in [0.5, 0.6) is 0 Å². The summed E-state index contributed by atoms with van der Waals surface area (Å²) in [4.78, 5) is 0. The SMILES string of the molecule is C[C@@H]1C(OCCCl)[C@@H]1C. The molecule has 0 aromatic heterocycles. The Balaban J connectivity index is 2.04. The van der Waals surface area contributed by atoms with Gasteiger partial charge in [0.05, 0.1) is 12.7 Å². The number of halogens is 1. The van der Waals surface area contributed by atoms with Crippen LogP contribution in [0.4, 0.5) is 0 Å². The Morgan fingerprint density at radius 1 is 1.33 bits per heavy atom. The van der Waals surface area contributed by atoms with Crippen molar-refractivity contribution in [2.75, 3.05) is 12.5 Å². The lowest BCUT2D eigenvalue weighted by Gasteiger charge is -1.96. The molecule has 0 radical (unpaired) electrons. The van der Waals surface area contributed by atoms with Crippen LogP contribution in [0.15, 0.2) is 0 Å². The van der Waals surface area contributed by atoms with Gasteiger partial charge in [0.25, 0.3) is 0 Å². The second kappa shape index (κ2) is 2.89. The first-order chi connectivity index (χ1) is 4.27. The molecule has 0 bridgehead atoms. The van der Waals surface area contributed by atoms with Crippen LogP contribution in [0.2, 0.25) is 0 Å². The van der Waals surface area contributed by atoms with Gasteiger partial charge in [0.15, 0.2) is 0 Å². The lowest BCUT2D eigenvalue weighted by Crippen LogP contribution is -1.99. The molecule has 0 aliphatic heterocycles. The zero-order valence-corrected chi connectivity index (χ0v) is 6.69. The van der Waals surface area contributed by atoms with Crippen LogP contribution in [0, 0.1) is 11.8 Å². The van der Waals surface area contributed by atoms with Gasteiger partial charge in [0, 0.05) is 5.88 Å². The maximum absolute atomic E-state index is 5.44. The second-order valence-corrected chi connectivity index (χ2v) is 3.12.